The van der Waals surface area contributed by atoms with Crippen LogP contribution in [-0.2, 0) is 16.5 Å². The smallest absolute Gasteiger partial charge is 0.358 e. The lowest BCUT2D eigenvalue weighted by Crippen LogP contribution is -2.45. The summed E-state index contributed by atoms with van der Waals surface area (Å²) in [7, 11) is 1.77. The summed E-state index contributed by atoms with van der Waals surface area (Å²) in [5.74, 6) is -0.00583. The molecule has 2 aliphatic heterocycles. The predicted octanol–water partition coefficient (Wildman–Crippen LogP) is 0.672. The van der Waals surface area contributed by atoms with Crippen LogP contribution in [0.5, 0.6) is 0 Å². The van der Waals surface area contributed by atoms with E-state index in [4.69, 9.17) is 9.47 Å². The van der Waals surface area contributed by atoms with Gasteiger partial charge in [-0.2, -0.15) is 0 Å². The van der Waals surface area contributed by atoms with Gasteiger partial charge in [-0.25, -0.2) is 0 Å². The normalized spacial score (nSPS) is 22.1. The van der Waals surface area contributed by atoms with Crippen LogP contribution in [0.3, 0.4) is 0 Å². The Morgan fingerprint density at radius 3 is 2.58 bits per heavy atom. The Balaban J connectivity index is 1.78. The standard InChI is InChI=1S/C11H16N4O4/c1-13-8-12-9(15(16)17)10(13)14-4-2-11(3-5-14)18-6-7-19-11/h8H,2-7H2,1H3. The number of nitrogens with zero attached hydrogens (tertiary/aromatic N) is 4. The molecule has 0 bridgehead atoms. The van der Waals surface area contributed by atoms with E-state index < -0.39 is 10.7 Å². The van der Waals surface area contributed by atoms with Crippen molar-refractivity contribution in [1.82, 2.24) is 9.55 Å². The molecule has 0 atom stereocenters. The van der Waals surface area contributed by atoms with E-state index >= 15 is 0 Å². The van der Waals surface area contributed by atoms with Crippen molar-refractivity contribution < 1.29 is 14.4 Å². The second kappa shape index (κ2) is 4.46. The number of anilines is 1. The van der Waals surface area contributed by atoms with Gasteiger partial charge in [-0.05, 0) is 9.91 Å². The Hall–Kier alpha value is -1.67. The number of imidazole rings is 1. The molecule has 0 amide bonds. The number of piperidine rings is 1. The molecule has 8 heteroatoms. The fourth-order valence-corrected chi connectivity index (χ4v) is 2.75. The van der Waals surface area contributed by atoms with Crippen LogP contribution in [0.4, 0.5) is 11.6 Å². The molecule has 0 unspecified atom stereocenters. The summed E-state index contributed by atoms with van der Waals surface area (Å²) in [4.78, 5) is 16.4. The lowest BCUT2D eigenvalue weighted by Gasteiger charge is -2.37. The number of aromatic nitrogens is 2. The number of ether oxygens (including phenoxy) is 2. The Morgan fingerprint density at radius 1 is 1.37 bits per heavy atom. The fraction of sp³-hybridized carbons (Fsp3) is 0.727. The maximum Gasteiger partial charge on any atom is 0.406 e. The highest BCUT2D eigenvalue weighted by Crippen LogP contribution is 2.35. The van der Waals surface area contributed by atoms with Crippen molar-refractivity contribution in [2.24, 2.45) is 7.05 Å². The number of hydrogen-bond donors (Lipinski definition) is 0. The molecular formula is C11H16N4O4. The second-order valence-corrected chi connectivity index (χ2v) is 4.85. The van der Waals surface area contributed by atoms with Gasteiger partial charge in [-0.1, -0.05) is 0 Å². The molecule has 0 radical (unpaired) electrons. The highest BCUT2D eigenvalue weighted by Gasteiger charge is 2.41. The quantitative estimate of drug-likeness (QED) is 0.579. The van der Waals surface area contributed by atoms with Crippen LogP contribution in [0.1, 0.15) is 12.8 Å². The summed E-state index contributed by atoms with van der Waals surface area (Å²) in [5, 5.41) is 11.0. The van der Waals surface area contributed by atoms with E-state index in [-0.39, 0.29) is 5.82 Å². The number of rotatable bonds is 2. The van der Waals surface area contributed by atoms with E-state index in [9.17, 15) is 10.1 Å². The molecule has 8 nitrogen and oxygen atoms in total. The third-order valence-electron chi connectivity index (χ3n) is 3.70. The molecule has 1 aromatic rings. The average molecular weight is 268 g/mol. The van der Waals surface area contributed by atoms with Gasteiger partial charge >= 0.3 is 5.82 Å². The average Bonchev–Trinajstić information content (AvgIpc) is 2.98. The van der Waals surface area contributed by atoms with Crippen LogP contribution in [0.25, 0.3) is 0 Å². The molecule has 1 spiro atoms. The molecule has 1 aromatic heterocycles. The Labute approximate surface area is 110 Å². The SMILES string of the molecule is Cn1cnc([N+](=O)[O-])c1N1CCC2(CC1)OCCO2. The zero-order chi connectivity index (χ0) is 13.5. The summed E-state index contributed by atoms with van der Waals surface area (Å²) < 4.78 is 13.0. The van der Waals surface area contributed by atoms with E-state index in [1.807, 2.05) is 4.90 Å². The molecule has 2 aliphatic rings. The molecule has 2 saturated heterocycles. The number of nitro groups is 1. The van der Waals surface area contributed by atoms with Crippen LogP contribution in [-0.4, -0.2) is 46.6 Å². The summed E-state index contributed by atoms with van der Waals surface area (Å²) in [6, 6.07) is 0. The van der Waals surface area contributed by atoms with Crippen molar-refractivity contribution in [1.29, 1.82) is 0 Å². The van der Waals surface area contributed by atoms with Crippen molar-refractivity contribution in [3.63, 3.8) is 0 Å². The lowest BCUT2D eigenvalue weighted by atomic mass is 10.0. The topological polar surface area (TPSA) is 82.7 Å². The monoisotopic (exact) mass is 268 g/mol. The van der Waals surface area contributed by atoms with Gasteiger partial charge in [0.2, 0.25) is 12.1 Å². The molecular weight excluding hydrogens is 252 g/mol. The Kier molecular flexibility index (Phi) is 2.90. The molecule has 2 fully saturated rings. The van der Waals surface area contributed by atoms with Gasteiger partial charge in [0.05, 0.1) is 13.2 Å². The van der Waals surface area contributed by atoms with Gasteiger partial charge in [0.25, 0.3) is 0 Å². The summed E-state index contributed by atoms with van der Waals surface area (Å²) in [6.07, 6.45) is 2.91. The lowest BCUT2D eigenvalue weighted by molar-refractivity contribution is -0.388. The van der Waals surface area contributed by atoms with Gasteiger partial charge in [0.15, 0.2) is 5.79 Å². The maximum atomic E-state index is 11.0. The van der Waals surface area contributed by atoms with Crippen molar-refractivity contribution in [2.45, 2.75) is 18.6 Å². The maximum absolute atomic E-state index is 11.0. The van der Waals surface area contributed by atoms with E-state index in [0.717, 1.165) is 12.8 Å². The molecule has 0 saturated carbocycles. The zero-order valence-corrected chi connectivity index (χ0v) is 10.7. The van der Waals surface area contributed by atoms with Crippen molar-refractivity contribution in [3.8, 4) is 0 Å². The first-order valence-electron chi connectivity index (χ1n) is 6.30. The fourth-order valence-electron chi connectivity index (χ4n) is 2.75. The van der Waals surface area contributed by atoms with Crippen molar-refractivity contribution >= 4 is 11.6 Å². The van der Waals surface area contributed by atoms with Gasteiger partial charge in [-0.15, -0.1) is 0 Å². The van der Waals surface area contributed by atoms with Gasteiger partial charge in [0.1, 0.15) is 0 Å². The van der Waals surface area contributed by atoms with Crippen LogP contribution in [0.15, 0.2) is 6.33 Å². The molecule has 19 heavy (non-hydrogen) atoms. The van der Waals surface area contributed by atoms with Gasteiger partial charge < -0.3 is 24.5 Å². The third-order valence-corrected chi connectivity index (χ3v) is 3.70. The first-order chi connectivity index (χ1) is 9.11. The van der Waals surface area contributed by atoms with Crippen LogP contribution < -0.4 is 4.90 Å². The minimum absolute atomic E-state index is 0.0910. The van der Waals surface area contributed by atoms with Crippen LogP contribution in [0, 0.1) is 10.1 Å². The minimum atomic E-state index is -0.468. The molecule has 0 aromatic carbocycles. The second-order valence-electron chi connectivity index (χ2n) is 4.85. The summed E-state index contributed by atoms with van der Waals surface area (Å²) in [6.45, 7) is 2.60. The first kappa shape index (κ1) is 12.4. The van der Waals surface area contributed by atoms with Crippen molar-refractivity contribution in [3.05, 3.63) is 16.4 Å². The number of aryl methyl sites for hydroxylation is 1. The van der Waals surface area contributed by atoms with Crippen LogP contribution in [0.2, 0.25) is 0 Å². The molecule has 0 aliphatic carbocycles. The highest BCUT2D eigenvalue weighted by atomic mass is 16.7. The van der Waals surface area contributed by atoms with Crippen LogP contribution >= 0.6 is 0 Å². The first-order valence-corrected chi connectivity index (χ1v) is 6.30. The molecule has 3 rings (SSSR count). The largest absolute Gasteiger partial charge is 0.406 e. The highest BCUT2D eigenvalue weighted by molar-refractivity contribution is 5.54. The Morgan fingerprint density at radius 2 is 2.00 bits per heavy atom. The number of hydrogen-bond acceptors (Lipinski definition) is 6. The van der Waals surface area contributed by atoms with E-state index in [1.165, 1.54) is 6.33 Å². The zero-order valence-electron chi connectivity index (χ0n) is 10.7. The molecule has 3 heterocycles. The van der Waals surface area contributed by atoms with E-state index in [0.29, 0.717) is 32.1 Å². The molecule has 0 N–H and O–H groups in total. The summed E-state index contributed by atoms with van der Waals surface area (Å²) in [5.41, 5.74) is 0. The van der Waals surface area contributed by atoms with E-state index in [1.54, 1.807) is 11.6 Å². The summed E-state index contributed by atoms with van der Waals surface area (Å²) >= 11 is 0. The van der Waals surface area contributed by atoms with E-state index in [2.05, 4.69) is 4.98 Å². The van der Waals surface area contributed by atoms with Gasteiger partial charge in [0, 0.05) is 33.0 Å². The molecule has 104 valence electrons. The van der Waals surface area contributed by atoms with Crippen molar-refractivity contribution in [2.75, 3.05) is 31.2 Å². The predicted molar refractivity (Wildman–Crippen MR) is 65.9 cm³/mol. The minimum Gasteiger partial charge on any atom is -0.358 e. The third kappa shape index (κ3) is 2.06. The Bertz CT molecular complexity index is 485. The van der Waals surface area contributed by atoms with Gasteiger partial charge in [-0.3, -0.25) is 4.57 Å².